The third kappa shape index (κ3) is 6.52. The summed E-state index contributed by atoms with van der Waals surface area (Å²) >= 11 is 0. The van der Waals surface area contributed by atoms with E-state index in [1.807, 2.05) is 6.92 Å². The molecule has 0 unspecified atom stereocenters. The molecule has 0 rings (SSSR count). The van der Waals surface area contributed by atoms with Gasteiger partial charge in [0.2, 0.25) is 0 Å². The second-order valence-corrected chi connectivity index (χ2v) is 1.04. The molecule has 0 aromatic heterocycles. The summed E-state index contributed by atoms with van der Waals surface area (Å²) in [6.45, 7) is 1.83. The Morgan fingerprint density at radius 3 is 1.43 bits per heavy atom. The molecule has 0 spiro atoms. The maximum Gasteiger partial charge on any atom is 0.154 e. The van der Waals surface area contributed by atoms with Crippen LogP contribution in [0.2, 0.25) is 0 Å². The summed E-state index contributed by atoms with van der Waals surface area (Å²) in [5.41, 5.74) is 0. The van der Waals surface area contributed by atoms with Crippen LogP contribution in [0.15, 0.2) is 0 Å². The third-order valence-electron chi connectivity index (χ3n) is 0.664. The number of rotatable bonds is 2. The first-order chi connectivity index (χ1) is 2.81. The number of hydrogen-bond donors (Lipinski definition) is 0. The molecule has 0 aromatic carbocycles. The van der Waals surface area contributed by atoms with Gasteiger partial charge in [-0.1, -0.05) is 0 Å². The largest absolute Gasteiger partial charge is 0.356 e. The number of methoxy groups -OCH3 is 2. The normalized spacial score (nSPS) is 8.57. The van der Waals surface area contributed by atoms with Gasteiger partial charge in [0.25, 0.3) is 0 Å². The Morgan fingerprint density at radius 2 is 1.43 bits per heavy atom. The molecule has 39 valence electrons. The van der Waals surface area contributed by atoms with Crippen LogP contribution in [-0.4, -0.2) is 39.4 Å². The maximum absolute atomic E-state index is 4.68. The fraction of sp³-hybridized carbons (Fsp3) is 1.00. The summed E-state index contributed by atoms with van der Waals surface area (Å²) in [5.74, 6) is 0. The van der Waals surface area contributed by atoms with Gasteiger partial charge in [-0.15, -0.1) is 0 Å². The Bertz CT molecular complexity index is 28.9. The van der Waals surface area contributed by atoms with Gasteiger partial charge in [-0.2, -0.15) is 0 Å². The van der Waals surface area contributed by atoms with Crippen molar-refractivity contribution in [2.45, 2.75) is 13.2 Å². The molecule has 0 aliphatic rings. The van der Waals surface area contributed by atoms with E-state index in [0.717, 1.165) is 0 Å². The van der Waals surface area contributed by atoms with Crippen LogP contribution >= 0.6 is 0 Å². The molecule has 0 saturated carbocycles. The molecule has 0 heterocycles. The van der Waals surface area contributed by atoms with Crippen molar-refractivity contribution in [3.8, 4) is 0 Å². The fourth-order valence-corrected chi connectivity index (χ4v) is 0.0962. The molecule has 0 atom stereocenters. The van der Waals surface area contributed by atoms with Gasteiger partial charge in [-0.3, -0.25) is 0 Å². The summed E-state index contributed by atoms with van der Waals surface area (Å²) in [5, 5.41) is 0. The summed E-state index contributed by atoms with van der Waals surface area (Å²) < 4.78 is 9.35. The van der Waals surface area contributed by atoms with Gasteiger partial charge >= 0.3 is 0 Å². The standard InChI is InChI=1S/C4H10O2.Li/c1-4(5-2)6-3;/h4H,1-3H3;. The molecular weight excluding hydrogens is 87.0 g/mol. The maximum atomic E-state index is 4.68. The molecule has 3 heteroatoms. The van der Waals surface area contributed by atoms with Crippen LogP contribution in [0.25, 0.3) is 0 Å². The minimum absolute atomic E-state index is 0. The van der Waals surface area contributed by atoms with Crippen LogP contribution in [0.4, 0.5) is 0 Å². The average Bonchev–Trinajstić information content (AvgIpc) is 1.65. The first kappa shape index (κ1) is 10.5. The van der Waals surface area contributed by atoms with E-state index in [9.17, 15) is 0 Å². The van der Waals surface area contributed by atoms with Crippen LogP contribution in [0, 0.1) is 0 Å². The molecule has 1 radical (unpaired) electrons. The summed E-state index contributed by atoms with van der Waals surface area (Å²) in [7, 11) is 3.21. The zero-order valence-corrected chi connectivity index (χ0v) is 5.39. The van der Waals surface area contributed by atoms with Crippen LogP contribution in [-0.2, 0) is 9.47 Å². The van der Waals surface area contributed by atoms with E-state index in [1.165, 1.54) is 0 Å². The molecule has 2 nitrogen and oxygen atoms in total. The second kappa shape index (κ2) is 6.52. The van der Waals surface area contributed by atoms with Crippen LogP contribution in [0.1, 0.15) is 6.92 Å². The van der Waals surface area contributed by atoms with E-state index in [-0.39, 0.29) is 25.2 Å². The zero-order chi connectivity index (χ0) is 4.99. The quantitative estimate of drug-likeness (QED) is 0.363. The Kier molecular flexibility index (Phi) is 9.77. The van der Waals surface area contributed by atoms with Gasteiger partial charge in [-0.25, -0.2) is 0 Å². The topological polar surface area (TPSA) is 18.5 Å². The van der Waals surface area contributed by atoms with Crippen LogP contribution in [0.3, 0.4) is 0 Å². The number of ether oxygens (including phenoxy) is 2. The summed E-state index contributed by atoms with van der Waals surface area (Å²) in [6.07, 6.45) is -0.0648. The van der Waals surface area contributed by atoms with E-state index in [0.29, 0.717) is 0 Å². The zero-order valence-electron chi connectivity index (χ0n) is 5.39. The molecule has 0 bridgehead atoms. The second-order valence-electron chi connectivity index (χ2n) is 1.04. The average molecular weight is 97.1 g/mol. The third-order valence-corrected chi connectivity index (χ3v) is 0.664. The summed E-state index contributed by atoms with van der Waals surface area (Å²) in [6, 6.07) is 0. The Balaban J connectivity index is 0. The molecule has 0 N–H and O–H groups in total. The Labute approximate surface area is 56.4 Å². The molecule has 0 aliphatic heterocycles. The minimum atomic E-state index is -0.0648. The van der Waals surface area contributed by atoms with Crippen molar-refractivity contribution in [1.29, 1.82) is 0 Å². The Morgan fingerprint density at radius 1 is 1.14 bits per heavy atom. The monoisotopic (exact) mass is 97.1 g/mol. The van der Waals surface area contributed by atoms with Gasteiger partial charge in [0.05, 0.1) is 0 Å². The minimum Gasteiger partial charge on any atom is -0.356 e. The predicted molar refractivity (Wildman–Crippen MR) is 29.2 cm³/mol. The van der Waals surface area contributed by atoms with Crippen LogP contribution in [0.5, 0.6) is 0 Å². The molecule has 7 heavy (non-hydrogen) atoms. The first-order valence-electron chi connectivity index (χ1n) is 1.87. The molecule has 0 fully saturated rings. The van der Waals surface area contributed by atoms with Crippen molar-refractivity contribution < 1.29 is 9.47 Å². The van der Waals surface area contributed by atoms with Crippen molar-refractivity contribution in [1.82, 2.24) is 0 Å². The molecule has 0 aromatic rings. The fourth-order valence-electron chi connectivity index (χ4n) is 0.0962. The predicted octanol–water partition coefficient (Wildman–Crippen LogP) is 0.244. The Hall–Kier alpha value is 0.517. The van der Waals surface area contributed by atoms with Crippen LogP contribution < -0.4 is 0 Å². The van der Waals surface area contributed by atoms with Crippen molar-refractivity contribution in [2.24, 2.45) is 0 Å². The van der Waals surface area contributed by atoms with E-state index >= 15 is 0 Å². The smallest absolute Gasteiger partial charge is 0.154 e. The van der Waals surface area contributed by atoms with Gasteiger partial charge < -0.3 is 9.47 Å². The van der Waals surface area contributed by atoms with Crippen molar-refractivity contribution >= 4 is 18.9 Å². The SMILES string of the molecule is COC(C)OC.[Li]. The summed E-state index contributed by atoms with van der Waals surface area (Å²) in [4.78, 5) is 0. The van der Waals surface area contributed by atoms with Gasteiger partial charge in [-0.05, 0) is 6.92 Å². The molecule has 0 aliphatic carbocycles. The van der Waals surface area contributed by atoms with E-state index in [4.69, 9.17) is 0 Å². The molecular formula is C4H10LiO2. The van der Waals surface area contributed by atoms with E-state index < -0.39 is 0 Å². The molecule has 0 saturated heterocycles. The van der Waals surface area contributed by atoms with Crippen molar-refractivity contribution in [2.75, 3.05) is 14.2 Å². The van der Waals surface area contributed by atoms with Gasteiger partial charge in [0.15, 0.2) is 6.29 Å². The first-order valence-corrected chi connectivity index (χ1v) is 1.87. The number of hydrogen-bond acceptors (Lipinski definition) is 2. The van der Waals surface area contributed by atoms with E-state index in [1.54, 1.807) is 14.2 Å². The van der Waals surface area contributed by atoms with Crippen molar-refractivity contribution in [3.05, 3.63) is 0 Å². The van der Waals surface area contributed by atoms with Crippen molar-refractivity contribution in [3.63, 3.8) is 0 Å². The van der Waals surface area contributed by atoms with E-state index in [2.05, 4.69) is 9.47 Å². The molecule has 0 amide bonds. The van der Waals surface area contributed by atoms with Gasteiger partial charge in [0.1, 0.15) is 0 Å². The van der Waals surface area contributed by atoms with Gasteiger partial charge in [0, 0.05) is 33.1 Å².